The van der Waals surface area contributed by atoms with E-state index in [0.717, 1.165) is 41.2 Å². The lowest BCUT2D eigenvalue weighted by Crippen LogP contribution is -2.46. The van der Waals surface area contributed by atoms with Gasteiger partial charge < -0.3 is 0 Å². The average Bonchev–Trinajstić information content (AvgIpc) is 3.23. The molecule has 2 aromatic rings. The number of rotatable bonds is 4. The third-order valence-electron chi connectivity index (χ3n) is 5.65. The minimum Gasteiger partial charge on any atom is -0.263 e. The van der Waals surface area contributed by atoms with Crippen molar-refractivity contribution in [1.29, 1.82) is 0 Å². The van der Waals surface area contributed by atoms with Gasteiger partial charge in [-0.05, 0) is 25.7 Å². The summed E-state index contributed by atoms with van der Waals surface area (Å²) in [6.07, 6.45) is 3.83. The monoisotopic (exact) mass is 397 g/mol. The van der Waals surface area contributed by atoms with Crippen LogP contribution in [0.2, 0.25) is 0 Å². The molecule has 0 N–H and O–H groups in total. The number of carbonyl (C=O) groups is 3. The Kier molecular flexibility index (Phi) is 5.02. The van der Waals surface area contributed by atoms with E-state index in [-0.39, 0.29) is 18.5 Å². The molecule has 2 heterocycles. The van der Waals surface area contributed by atoms with Crippen molar-refractivity contribution in [3.63, 3.8) is 0 Å². The summed E-state index contributed by atoms with van der Waals surface area (Å²) in [6.45, 7) is 4.10. The van der Waals surface area contributed by atoms with Gasteiger partial charge in [0.1, 0.15) is 5.01 Å². The fourth-order valence-electron chi connectivity index (χ4n) is 4.00. The Morgan fingerprint density at radius 2 is 1.79 bits per heavy atom. The quantitative estimate of drug-likeness (QED) is 0.578. The number of hydrogen-bond donors (Lipinski definition) is 0. The lowest BCUT2D eigenvalue weighted by Gasteiger charge is -2.34. The lowest BCUT2D eigenvalue weighted by molar-refractivity contribution is -0.144. The molecule has 2 fully saturated rings. The van der Waals surface area contributed by atoms with Crippen molar-refractivity contribution in [1.82, 2.24) is 14.8 Å². The Balaban J connectivity index is 1.52. The van der Waals surface area contributed by atoms with Crippen molar-refractivity contribution in [2.45, 2.75) is 52.1 Å². The van der Waals surface area contributed by atoms with Crippen molar-refractivity contribution < 1.29 is 14.4 Å². The highest BCUT2D eigenvalue weighted by atomic mass is 32.1. The smallest absolute Gasteiger partial charge is 0.263 e. The second kappa shape index (κ2) is 7.47. The van der Waals surface area contributed by atoms with Gasteiger partial charge in [-0.25, -0.2) is 14.7 Å². The van der Waals surface area contributed by atoms with Crippen LogP contribution < -0.4 is 0 Å². The fourth-order valence-corrected chi connectivity index (χ4v) is 4.82. The Bertz CT molecular complexity index is 921. The second-order valence-corrected chi connectivity index (χ2v) is 8.55. The van der Waals surface area contributed by atoms with Crippen LogP contribution in [0.1, 0.15) is 43.9 Å². The van der Waals surface area contributed by atoms with E-state index in [9.17, 15) is 14.4 Å². The molecule has 1 aliphatic heterocycles. The van der Waals surface area contributed by atoms with Crippen molar-refractivity contribution in [2.75, 3.05) is 0 Å². The Morgan fingerprint density at radius 3 is 2.50 bits per heavy atom. The third kappa shape index (κ3) is 3.35. The van der Waals surface area contributed by atoms with Crippen LogP contribution in [0.4, 0.5) is 4.79 Å². The molecule has 2 aliphatic rings. The van der Waals surface area contributed by atoms with E-state index in [4.69, 9.17) is 0 Å². The zero-order valence-corrected chi connectivity index (χ0v) is 16.9. The SMILES string of the molecule is Cc1ccc(-c2nc(CN3C(=O)C(=O)N([C@H]4CCCC[C@@H]4C)C3=O)cs2)cc1. The number of aryl methyl sites for hydroxylation is 1. The van der Waals surface area contributed by atoms with Crippen LogP contribution in [-0.4, -0.2) is 38.7 Å². The summed E-state index contributed by atoms with van der Waals surface area (Å²) in [5, 5.41) is 2.67. The topological polar surface area (TPSA) is 70.6 Å². The van der Waals surface area contributed by atoms with Gasteiger partial charge in [0.15, 0.2) is 0 Å². The molecule has 0 bridgehead atoms. The second-order valence-electron chi connectivity index (χ2n) is 7.69. The number of aromatic nitrogens is 1. The fraction of sp³-hybridized carbons (Fsp3) is 0.429. The zero-order chi connectivity index (χ0) is 19.8. The maximum absolute atomic E-state index is 12.9. The Labute approximate surface area is 168 Å². The van der Waals surface area contributed by atoms with Crippen LogP contribution in [0.15, 0.2) is 29.6 Å². The number of benzene rings is 1. The Morgan fingerprint density at radius 1 is 1.07 bits per heavy atom. The lowest BCUT2D eigenvalue weighted by atomic mass is 9.85. The zero-order valence-electron chi connectivity index (χ0n) is 16.1. The van der Waals surface area contributed by atoms with Crippen LogP contribution in [0.25, 0.3) is 10.6 Å². The molecule has 0 unspecified atom stereocenters. The molecule has 1 aromatic carbocycles. The molecule has 1 aliphatic carbocycles. The van der Waals surface area contributed by atoms with E-state index in [1.54, 1.807) is 0 Å². The van der Waals surface area contributed by atoms with E-state index >= 15 is 0 Å². The number of hydrogen-bond acceptors (Lipinski definition) is 5. The molecule has 4 rings (SSSR count). The first-order valence-corrected chi connectivity index (χ1v) is 10.5. The van der Waals surface area contributed by atoms with Gasteiger partial charge in [0.05, 0.1) is 12.2 Å². The van der Waals surface area contributed by atoms with Crippen molar-refractivity contribution in [3.8, 4) is 10.6 Å². The summed E-state index contributed by atoms with van der Waals surface area (Å²) in [4.78, 5) is 44.7. The first-order chi connectivity index (χ1) is 13.5. The number of urea groups is 1. The van der Waals surface area contributed by atoms with Gasteiger partial charge in [0.25, 0.3) is 0 Å². The standard InChI is InChI=1S/C21H23N3O3S/c1-13-7-9-15(10-8-13)18-22-16(12-28-18)11-23-19(25)20(26)24(21(23)27)17-6-4-3-5-14(17)2/h7-10,12,14,17H,3-6,11H2,1-2H3/t14-,17-/m0/s1. The first kappa shape index (κ1) is 18.8. The maximum atomic E-state index is 12.9. The molecule has 1 aromatic heterocycles. The summed E-state index contributed by atoms with van der Waals surface area (Å²) in [7, 11) is 0. The molecule has 28 heavy (non-hydrogen) atoms. The number of nitrogens with zero attached hydrogens (tertiary/aromatic N) is 3. The highest BCUT2D eigenvalue weighted by Gasteiger charge is 2.49. The van der Waals surface area contributed by atoms with Crippen molar-refractivity contribution >= 4 is 29.2 Å². The van der Waals surface area contributed by atoms with Gasteiger partial charge >= 0.3 is 17.8 Å². The number of carbonyl (C=O) groups excluding carboxylic acids is 3. The number of imide groups is 2. The summed E-state index contributed by atoms with van der Waals surface area (Å²) >= 11 is 1.47. The molecule has 2 atom stereocenters. The van der Waals surface area contributed by atoms with Gasteiger partial charge in [-0.3, -0.25) is 14.5 Å². The molecule has 4 amide bonds. The summed E-state index contributed by atoms with van der Waals surface area (Å²) in [5.41, 5.74) is 2.78. The molecule has 0 radical (unpaired) electrons. The van der Waals surface area contributed by atoms with Gasteiger partial charge in [-0.15, -0.1) is 11.3 Å². The van der Waals surface area contributed by atoms with Crippen LogP contribution in [0, 0.1) is 12.8 Å². The predicted octanol–water partition coefficient (Wildman–Crippen LogP) is 3.99. The predicted molar refractivity (Wildman–Crippen MR) is 106 cm³/mol. The largest absolute Gasteiger partial charge is 0.334 e. The normalized spacial score (nSPS) is 23.0. The molecule has 1 saturated carbocycles. The molecule has 6 nitrogen and oxygen atoms in total. The minimum absolute atomic E-state index is 0.0311. The van der Waals surface area contributed by atoms with E-state index in [0.29, 0.717) is 5.69 Å². The highest BCUT2D eigenvalue weighted by Crippen LogP contribution is 2.32. The van der Waals surface area contributed by atoms with E-state index in [1.165, 1.54) is 21.8 Å². The van der Waals surface area contributed by atoms with Gasteiger partial charge in [-0.1, -0.05) is 49.6 Å². The molecular formula is C21H23N3O3S. The van der Waals surface area contributed by atoms with Crippen LogP contribution in [-0.2, 0) is 16.1 Å². The minimum atomic E-state index is -0.743. The third-order valence-corrected chi connectivity index (χ3v) is 6.59. The summed E-state index contributed by atoms with van der Waals surface area (Å²) in [6, 6.07) is 7.36. The van der Waals surface area contributed by atoms with E-state index in [1.807, 2.05) is 43.5 Å². The Hall–Kier alpha value is -2.54. The van der Waals surface area contributed by atoms with Crippen LogP contribution in [0.5, 0.6) is 0 Å². The van der Waals surface area contributed by atoms with Crippen LogP contribution >= 0.6 is 11.3 Å². The summed E-state index contributed by atoms with van der Waals surface area (Å²) in [5.74, 6) is -1.22. The highest BCUT2D eigenvalue weighted by molar-refractivity contribution is 7.13. The first-order valence-electron chi connectivity index (χ1n) is 9.66. The molecule has 0 spiro atoms. The van der Waals surface area contributed by atoms with Gasteiger partial charge in [0.2, 0.25) is 0 Å². The molecule has 146 valence electrons. The van der Waals surface area contributed by atoms with Crippen LogP contribution in [0.3, 0.4) is 0 Å². The summed E-state index contributed by atoms with van der Waals surface area (Å²) < 4.78 is 0. The molecule has 1 saturated heterocycles. The van der Waals surface area contributed by atoms with Gasteiger partial charge in [-0.2, -0.15) is 0 Å². The molecule has 7 heteroatoms. The van der Waals surface area contributed by atoms with Gasteiger partial charge in [0, 0.05) is 17.0 Å². The average molecular weight is 398 g/mol. The van der Waals surface area contributed by atoms with E-state index < -0.39 is 17.8 Å². The van der Waals surface area contributed by atoms with Crippen molar-refractivity contribution in [2.24, 2.45) is 5.92 Å². The maximum Gasteiger partial charge on any atom is 0.334 e. The molecular weight excluding hydrogens is 374 g/mol. The van der Waals surface area contributed by atoms with Crippen molar-refractivity contribution in [3.05, 3.63) is 40.9 Å². The number of thiazole rings is 1. The van der Waals surface area contributed by atoms with E-state index in [2.05, 4.69) is 4.98 Å². The number of amides is 4.